The van der Waals surface area contributed by atoms with Gasteiger partial charge < -0.3 is 14.8 Å². The van der Waals surface area contributed by atoms with Gasteiger partial charge in [0.25, 0.3) is 0 Å². The fourth-order valence-electron chi connectivity index (χ4n) is 3.99. The van der Waals surface area contributed by atoms with Gasteiger partial charge in [0, 0.05) is 28.1 Å². The number of nitrogens with one attached hydrogen (secondary N) is 1. The van der Waals surface area contributed by atoms with E-state index in [2.05, 4.69) is 10.2 Å². The summed E-state index contributed by atoms with van der Waals surface area (Å²) in [7, 11) is 1.57. The second kappa shape index (κ2) is 11.1. The molecule has 0 atom stereocenters. The summed E-state index contributed by atoms with van der Waals surface area (Å²) >= 11 is 12.0. The fraction of sp³-hybridized carbons (Fsp3) is 0.269. The Labute approximate surface area is 208 Å². The van der Waals surface area contributed by atoms with Crippen molar-refractivity contribution in [1.29, 1.82) is 0 Å². The molecule has 1 fully saturated rings. The maximum atomic E-state index is 14.1. The number of likely N-dealkylation sites (tertiary alicyclic amines) is 1. The molecule has 1 saturated heterocycles. The molecule has 178 valence electrons. The van der Waals surface area contributed by atoms with E-state index < -0.39 is 0 Å². The van der Waals surface area contributed by atoms with E-state index in [1.165, 1.54) is 6.07 Å². The van der Waals surface area contributed by atoms with Crippen LogP contribution in [0.1, 0.15) is 18.4 Å². The van der Waals surface area contributed by atoms with Crippen molar-refractivity contribution in [2.24, 2.45) is 5.92 Å². The number of hydrogen-bond donors (Lipinski definition) is 1. The smallest absolute Gasteiger partial charge is 0.227 e. The monoisotopic (exact) mass is 502 g/mol. The lowest BCUT2D eigenvalue weighted by Crippen LogP contribution is -2.38. The Kier molecular flexibility index (Phi) is 7.93. The maximum Gasteiger partial charge on any atom is 0.227 e. The molecular formula is C26H25Cl2FN2O3. The zero-order valence-electron chi connectivity index (χ0n) is 18.7. The van der Waals surface area contributed by atoms with Crippen LogP contribution in [0.4, 0.5) is 10.1 Å². The molecule has 1 amide bonds. The number of amides is 1. The van der Waals surface area contributed by atoms with E-state index in [9.17, 15) is 9.18 Å². The number of piperidine rings is 1. The van der Waals surface area contributed by atoms with E-state index in [-0.39, 0.29) is 17.6 Å². The van der Waals surface area contributed by atoms with Gasteiger partial charge >= 0.3 is 0 Å². The first-order valence-corrected chi connectivity index (χ1v) is 11.8. The largest absolute Gasteiger partial charge is 0.493 e. The molecule has 0 saturated carbocycles. The third-order valence-electron chi connectivity index (χ3n) is 5.86. The molecule has 5 nitrogen and oxygen atoms in total. The van der Waals surface area contributed by atoms with Crippen molar-refractivity contribution in [3.05, 3.63) is 82.1 Å². The minimum Gasteiger partial charge on any atom is -0.493 e. The molecule has 0 radical (unpaired) electrons. The lowest BCUT2D eigenvalue weighted by atomic mass is 9.95. The van der Waals surface area contributed by atoms with Crippen LogP contribution >= 0.6 is 23.2 Å². The van der Waals surface area contributed by atoms with Crippen molar-refractivity contribution in [1.82, 2.24) is 4.90 Å². The number of ether oxygens (including phenoxy) is 2. The van der Waals surface area contributed by atoms with Gasteiger partial charge in [-0.2, -0.15) is 0 Å². The van der Waals surface area contributed by atoms with Gasteiger partial charge in [0.05, 0.1) is 12.8 Å². The number of carbonyl (C=O) groups excluding carboxylic acids is 1. The number of methoxy groups -OCH3 is 1. The Morgan fingerprint density at radius 3 is 2.38 bits per heavy atom. The van der Waals surface area contributed by atoms with Crippen LogP contribution in [0.15, 0.2) is 60.7 Å². The summed E-state index contributed by atoms with van der Waals surface area (Å²) in [4.78, 5) is 15.2. The quantitative estimate of drug-likeness (QED) is 0.386. The molecule has 1 heterocycles. The highest BCUT2D eigenvalue weighted by Crippen LogP contribution is 2.37. The van der Waals surface area contributed by atoms with Crippen LogP contribution in [0.2, 0.25) is 10.0 Å². The second-order valence-electron chi connectivity index (χ2n) is 8.17. The Balaban J connectivity index is 1.39. The van der Waals surface area contributed by atoms with E-state index in [4.69, 9.17) is 32.7 Å². The van der Waals surface area contributed by atoms with Crippen LogP contribution < -0.4 is 14.8 Å². The first-order chi connectivity index (χ1) is 16.4. The van der Waals surface area contributed by atoms with Crippen LogP contribution in [0.5, 0.6) is 17.2 Å². The minimum atomic E-state index is -0.309. The van der Waals surface area contributed by atoms with Gasteiger partial charge in [-0.1, -0.05) is 41.4 Å². The highest BCUT2D eigenvalue weighted by atomic mass is 35.5. The Bertz CT molecular complexity index is 1170. The molecule has 3 aromatic rings. The molecular weight excluding hydrogens is 478 g/mol. The van der Waals surface area contributed by atoms with Crippen molar-refractivity contribution < 1.29 is 18.7 Å². The minimum absolute atomic E-state index is 0.0931. The third kappa shape index (κ3) is 6.00. The normalized spacial score (nSPS) is 14.6. The van der Waals surface area contributed by atoms with E-state index in [1.54, 1.807) is 49.6 Å². The molecule has 34 heavy (non-hydrogen) atoms. The Morgan fingerprint density at radius 2 is 1.68 bits per heavy atom. The Morgan fingerprint density at radius 1 is 1.00 bits per heavy atom. The van der Waals surface area contributed by atoms with Gasteiger partial charge in [0.15, 0.2) is 17.2 Å². The SMILES string of the molecule is COc1ccccc1Oc1ccc(Cl)cc1NC(=O)C1CCN(Cc2ccc(Cl)cc2F)CC1. The highest BCUT2D eigenvalue weighted by molar-refractivity contribution is 6.31. The Hall–Kier alpha value is -2.80. The van der Waals surface area contributed by atoms with E-state index in [0.717, 1.165) is 0 Å². The molecule has 0 spiro atoms. The molecule has 4 rings (SSSR count). The van der Waals surface area contributed by atoms with E-state index in [1.807, 2.05) is 12.1 Å². The topological polar surface area (TPSA) is 50.8 Å². The molecule has 0 unspecified atom stereocenters. The molecule has 0 aliphatic carbocycles. The van der Waals surface area contributed by atoms with Crippen LogP contribution in [-0.2, 0) is 11.3 Å². The van der Waals surface area contributed by atoms with Crippen LogP contribution in [0.3, 0.4) is 0 Å². The lowest BCUT2D eigenvalue weighted by molar-refractivity contribution is -0.121. The van der Waals surface area contributed by atoms with Gasteiger partial charge in [0.1, 0.15) is 5.82 Å². The molecule has 8 heteroatoms. The molecule has 1 N–H and O–H groups in total. The summed E-state index contributed by atoms with van der Waals surface area (Å²) in [6.45, 7) is 1.88. The van der Waals surface area contributed by atoms with Gasteiger partial charge in [-0.15, -0.1) is 0 Å². The summed E-state index contributed by atoms with van der Waals surface area (Å²) in [6, 6.07) is 17.1. The number of carbonyl (C=O) groups is 1. The average molecular weight is 503 g/mol. The van der Waals surface area contributed by atoms with Gasteiger partial charge in [-0.25, -0.2) is 4.39 Å². The number of para-hydroxylation sites is 2. The number of benzene rings is 3. The van der Waals surface area contributed by atoms with Crippen LogP contribution in [0, 0.1) is 11.7 Å². The van der Waals surface area contributed by atoms with E-state index in [0.29, 0.717) is 71.0 Å². The van der Waals surface area contributed by atoms with Gasteiger partial charge in [-0.3, -0.25) is 9.69 Å². The number of nitrogens with zero attached hydrogens (tertiary/aromatic N) is 1. The number of hydrogen-bond acceptors (Lipinski definition) is 4. The molecule has 0 aromatic heterocycles. The maximum absolute atomic E-state index is 14.1. The zero-order chi connectivity index (χ0) is 24.1. The number of rotatable bonds is 7. The summed E-state index contributed by atoms with van der Waals surface area (Å²) in [6.07, 6.45) is 1.34. The zero-order valence-corrected chi connectivity index (χ0v) is 20.2. The van der Waals surface area contributed by atoms with Crippen LogP contribution in [-0.4, -0.2) is 31.0 Å². The molecule has 0 bridgehead atoms. The highest BCUT2D eigenvalue weighted by Gasteiger charge is 2.26. The summed E-state index contributed by atoms with van der Waals surface area (Å²) < 4.78 is 25.5. The van der Waals surface area contributed by atoms with Crippen molar-refractivity contribution in [3.63, 3.8) is 0 Å². The summed E-state index contributed by atoms with van der Waals surface area (Å²) in [5, 5.41) is 3.85. The van der Waals surface area contributed by atoms with Gasteiger partial charge in [0.2, 0.25) is 5.91 Å². The van der Waals surface area contributed by atoms with Gasteiger partial charge in [-0.05, 0) is 68.4 Å². The average Bonchev–Trinajstić information content (AvgIpc) is 2.83. The summed E-state index contributed by atoms with van der Waals surface area (Å²) in [5.41, 5.74) is 1.10. The fourth-order valence-corrected chi connectivity index (χ4v) is 4.32. The first-order valence-electron chi connectivity index (χ1n) is 11.0. The van der Waals surface area contributed by atoms with Crippen molar-refractivity contribution in [2.75, 3.05) is 25.5 Å². The number of halogens is 3. The van der Waals surface area contributed by atoms with Crippen LogP contribution in [0.25, 0.3) is 0 Å². The third-order valence-corrected chi connectivity index (χ3v) is 6.33. The number of anilines is 1. The van der Waals surface area contributed by atoms with E-state index >= 15 is 0 Å². The molecule has 1 aliphatic rings. The molecule has 1 aliphatic heterocycles. The summed E-state index contributed by atoms with van der Waals surface area (Å²) in [5.74, 6) is 1.02. The predicted molar refractivity (Wildman–Crippen MR) is 133 cm³/mol. The standard InChI is InChI=1S/C26H25Cl2FN2O3/c1-33-24-4-2-3-5-25(24)34-23-9-8-20(28)15-22(23)30-26(32)17-10-12-31(13-11-17)16-18-6-7-19(27)14-21(18)29/h2-9,14-15,17H,10-13,16H2,1H3,(H,30,32). The lowest BCUT2D eigenvalue weighted by Gasteiger charge is -2.31. The first kappa shape index (κ1) is 24.3. The second-order valence-corrected chi connectivity index (χ2v) is 9.04. The molecule has 3 aromatic carbocycles. The van der Waals surface area contributed by atoms with Crippen molar-refractivity contribution in [3.8, 4) is 17.2 Å². The predicted octanol–water partition coefficient (Wildman–Crippen LogP) is 6.78. The van der Waals surface area contributed by atoms with Crippen molar-refractivity contribution in [2.45, 2.75) is 19.4 Å². The van der Waals surface area contributed by atoms with Crippen molar-refractivity contribution >= 4 is 34.8 Å².